The fourth-order valence-electron chi connectivity index (χ4n) is 1.72. The Labute approximate surface area is 83.5 Å². The third kappa shape index (κ3) is 1.90. The Balaban J connectivity index is 2.12. The van der Waals surface area contributed by atoms with E-state index in [1.54, 1.807) is 0 Å². The van der Waals surface area contributed by atoms with Crippen LogP contribution in [-0.4, -0.2) is 16.0 Å². The van der Waals surface area contributed by atoms with E-state index in [0.717, 1.165) is 6.42 Å². The van der Waals surface area contributed by atoms with E-state index in [0.29, 0.717) is 0 Å². The number of aryl methyl sites for hydroxylation is 2. The van der Waals surface area contributed by atoms with Crippen LogP contribution in [0.5, 0.6) is 0 Å². The van der Waals surface area contributed by atoms with Crippen molar-refractivity contribution in [3.05, 3.63) is 17.0 Å². The van der Waals surface area contributed by atoms with Gasteiger partial charge in [0, 0.05) is 17.0 Å². The first-order chi connectivity index (χ1) is 6.42. The van der Waals surface area contributed by atoms with Gasteiger partial charge in [-0.1, -0.05) is 13.3 Å². The lowest BCUT2D eigenvalue weighted by Crippen LogP contribution is -2.02. The zero-order chi connectivity index (χ0) is 9.10. The Kier molecular flexibility index (Phi) is 2.94. The summed E-state index contributed by atoms with van der Waals surface area (Å²) < 4.78 is 0. The number of nitrogens with one attached hydrogen (secondary N) is 1. The summed E-state index contributed by atoms with van der Waals surface area (Å²) in [6.45, 7) is 2.23. The van der Waals surface area contributed by atoms with Gasteiger partial charge < -0.3 is 0 Å². The molecule has 0 spiro atoms. The summed E-state index contributed by atoms with van der Waals surface area (Å²) in [6.07, 6.45) is 4.86. The van der Waals surface area contributed by atoms with Gasteiger partial charge in [-0.05, 0) is 25.0 Å². The van der Waals surface area contributed by atoms with Crippen LogP contribution in [0.25, 0.3) is 0 Å². The summed E-state index contributed by atoms with van der Waals surface area (Å²) in [5.74, 6) is 2.42. The number of rotatable bonds is 3. The van der Waals surface area contributed by atoms with Gasteiger partial charge in [-0.3, -0.25) is 5.10 Å². The molecular weight excluding hydrogens is 180 g/mol. The van der Waals surface area contributed by atoms with Crippen molar-refractivity contribution in [2.24, 2.45) is 0 Å². The second kappa shape index (κ2) is 4.18. The number of aromatic amines is 1. The molecule has 0 atom stereocenters. The summed E-state index contributed by atoms with van der Waals surface area (Å²) in [6, 6.07) is 0. The molecule has 0 bridgehead atoms. The summed E-state index contributed by atoms with van der Waals surface area (Å²) in [5, 5.41) is 7.57. The number of hydrogen-bond donors (Lipinski definition) is 1. The van der Waals surface area contributed by atoms with Crippen molar-refractivity contribution >= 4 is 11.8 Å². The predicted molar refractivity (Wildman–Crippen MR) is 57.1 cm³/mol. The summed E-state index contributed by atoms with van der Waals surface area (Å²) >= 11 is 2.03. The highest BCUT2D eigenvalue weighted by molar-refractivity contribution is 7.98. The molecule has 0 aliphatic carbocycles. The molecule has 1 aromatic heterocycles. The quantitative estimate of drug-likeness (QED) is 0.805. The fourth-order valence-corrected chi connectivity index (χ4v) is 2.76. The maximum atomic E-state index is 4.40. The van der Waals surface area contributed by atoms with Crippen LogP contribution in [0.1, 0.15) is 36.7 Å². The highest BCUT2D eigenvalue weighted by atomic mass is 32.2. The number of aromatic nitrogens is 2. The van der Waals surface area contributed by atoms with Crippen molar-refractivity contribution in [2.75, 3.05) is 5.75 Å². The second-order valence-corrected chi connectivity index (χ2v) is 4.64. The lowest BCUT2D eigenvalue weighted by atomic mass is 10.1. The molecule has 1 N–H and O–H groups in total. The molecule has 1 aliphatic rings. The molecule has 13 heavy (non-hydrogen) atoms. The van der Waals surface area contributed by atoms with E-state index in [-0.39, 0.29) is 0 Å². The third-order valence-electron chi connectivity index (χ3n) is 2.55. The lowest BCUT2D eigenvalue weighted by Gasteiger charge is -2.10. The molecule has 0 fully saturated rings. The van der Waals surface area contributed by atoms with Gasteiger partial charge in [-0.15, -0.1) is 0 Å². The average Bonchev–Trinajstić information content (AvgIpc) is 2.58. The normalized spacial score (nSPS) is 15.8. The summed E-state index contributed by atoms with van der Waals surface area (Å²) in [5.41, 5.74) is 4.22. The van der Waals surface area contributed by atoms with Crippen molar-refractivity contribution in [3.63, 3.8) is 0 Å². The SMILES string of the molecule is CCCCc1n[nH]c2c1CSCC2. The van der Waals surface area contributed by atoms with Crippen LogP contribution in [0, 0.1) is 0 Å². The van der Waals surface area contributed by atoms with Gasteiger partial charge in [-0.2, -0.15) is 16.9 Å². The minimum Gasteiger partial charge on any atom is -0.282 e. The van der Waals surface area contributed by atoms with E-state index in [1.807, 2.05) is 11.8 Å². The van der Waals surface area contributed by atoms with E-state index in [2.05, 4.69) is 17.1 Å². The molecule has 2 rings (SSSR count). The van der Waals surface area contributed by atoms with Crippen LogP contribution in [0.3, 0.4) is 0 Å². The van der Waals surface area contributed by atoms with Gasteiger partial charge >= 0.3 is 0 Å². The van der Waals surface area contributed by atoms with Crippen molar-refractivity contribution < 1.29 is 0 Å². The van der Waals surface area contributed by atoms with Gasteiger partial charge in [-0.25, -0.2) is 0 Å². The van der Waals surface area contributed by atoms with E-state index >= 15 is 0 Å². The fraction of sp³-hybridized carbons (Fsp3) is 0.700. The highest BCUT2D eigenvalue weighted by Crippen LogP contribution is 2.26. The second-order valence-electron chi connectivity index (χ2n) is 3.53. The van der Waals surface area contributed by atoms with Gasteiger partial charge in [0.1, 0.15) is 0 Å². The van der Waals surface area contributed by atoms with E-state index < -0.39 is 0 Å². The minimum atomic E-state index is 1.16. The molecular formula is C10H16N2S. The van der Waals surface area contributed by atoms with Gasteiger partial charge in [0.15, 0.2) is 0 Å². The zero-order valence-corrected chi connectivity index (χ0v) is 8.91. The van der Waals surface area contributed by atoms with Crippen LogP contribution in [0.2, 0.25) is 0 Å². The van der Waals surface area contributed by atoms with Crippen molar-refractivity contribution in [1.82, 2.24) is 10.2 Å². The first kappa shape index (κ1) is 9.13. The third-order valence-corrected chi connectivity index (χ3v) is 3.53. The molecule has 1 aromatic rings. The van der Waals surface area contributed by atoms with Crippen LogP contribution in [0.4, 0.5) is 0 Å². The number of nitrogens with zero attached hydrogens (tertiary/aromatic N) is 1. The average molecular weight is 196 g/mol. The van der Waals surface area contributed by atoms with Crippen molar-refractivity contribution in [1.29, 1.82) is 0 Å². The molecule has 0 saturated heterocycles. The Morgan fingerprint density at radius 3 is 3.31 bits per heavy atom. The number of hydrogen-bond acceptors (Lipinski definition) is 2. The topological polar surface area (TPSA) is 28.7 Å². The molecule has 1 aliphatic heterocycles. The molecule has 2 heterocycles. The zero-order valence-electron chi connectivity index (χ0n) is 8.10. The highest BCUT2D eigenvalue weighted by Gasteiger charge is 2.15. The Morgan fingerprint density at radius 1 is 1.54 bits per heavy atom. The number of fused-ring (bicyclic) bond motifs is 1. The van der Waals surface area contributed by atoms with Crippen LogP contribution < -0.4 is 0 Å². The van der Waals surface area contributed by atoms with E-state index in [9.17, 15) is 0 Å². The molecule has 0 saturated carbocycles. The van der Waals surface area contributed by atoms with Gasteiger partial charge in [0.25, 0.3) is 0 Å². The standard InChI is InChI=1S/C10H16N2S/c1-2-3-4-9-8-7-13-6-5-10(8)12-11-9/h2-7H2,1H3,(H,11,12). The van der Waals surface area contributed by atoms with Gasteiger partial charge in [0.2, 0.25) is 0 Å². The molecule has 72 valence electrons. The smallest absolute Gasteiger partial charge is 0.0665 e. The van der Waals surface area contributed by atoms with Crippen LogP contribution in [-0.2, 0) is 18.6 Å². The number of H-pyrrole nitrogens is 1. The van der Waals surface area contributed by atoms with E-state index in [4.69, 9.17) is 0 Å². The Morgan fingerprint density at radius 2 is 2.46 bits per heavy atom. The minimum absolute atomic E-state index is 1.16. The molecule has 0 amide bonds. The maximum absolute atomic E-state index is 4.40. The first-order valence-electron chi connectivity index (χ1n) is 5.04. The Bertz CT molecular complexity index is 280. The summed E-state index contributed by atoms with van der Waals surface area (Å²) in [7, 11) is 0. The van der Waals surface area contributed by atoms with Gasteiger partial charge in [0.05, 0.1) is 5.69 Å². The van der Waals surface area contributed by atoms with Crippen LogP contribution in [0.15, 0.2) is 0 Å². The van der Waals surface area contributed by atoms with Crippen molar-refractivity contribution in [2.45, 2.75) is 38.4 Å². The lowest BCUT2D eigenvalue weighted by molar-refractivity contribution is 0.768. The predicted octanol–water partition coefficient (Wildman–Crippen LogP) is 2.54. The van der Waals surface area contributed by atoms with Crippen LogP contribution >= 0.6 is 11.8 Å². The summed E-state index contributed by atoms with van der Waals surface area (Å²) in [4.78, 5) is 0. The molecule has 0 aromatic carbocycles. The molecule has 3 heteroatoms. The number of unbranched alkanes of at least 4 members (excludes halogenated alkanes) is 1. The monoisotopic (exact) mass is 196 g/mol. The van der Waals surface area contributed by atoms with Crippen molar-refractivity contribution in [3.8, 4) is 0 Å². The largest absolute Gasteiger partial charge is 0.282 e. The van der Waals surface area contributed by atoms with E-state index in [1.165, 1.54) is 47.7 Å². The molecule has 0 unspecified atom stereocenters. The first-order valence-corrected chi connectivity index (χ1v) is 6.20. The molecule has 0 radical (unpaired) electrons. The Hall–Kier alpha value is -0.440. The molecule has 2 nitrogen and oxygen atoms in total. The number of thioether (sulfide) groups is 1. The maximum Gasteiger partial charge on any atom is 0.0665 e.